The van der Waals surface area contributed by atoms with Gasteiger partial charge in [-0.2, -0.15) is 13.2 Å². The van der Waals surface area contributed by atoms with Crippen LogP contribution in [0.1, 0.15) is 32.1 Å². The minimum Gasteiger partial charge on any atom is -0.314 e. The molecule has 0 bridgehead atoms. The summed E-state index contributed by atoms with van der Waals surface area (Å²) in [5, 5.41) is 2.96. The van der Waals surface area contributed by atoms with Crippen molar-refractivity contribution < 1.29 is 18.0 Å². The molecule has 0 amide bonds. The predicted octanol–water partition coefficient (Wildman–Crippen LogP) is 2.04. The van der Waals surface area contributed by atoms with Gasteiger partial charge in [-0.15, -0.1) is 0 Å². The number of carbonyl (C=O) groups is 1. The van der Waals surface area contributed by atoms with Gasteiger partial charge in [0.2, 0.25) is 5.78 Å². The van der Waals surface area contributed by atoms with E-state index in [-0.39, 0.29) is 6.04 Å². The first-order chi connectivity index (χ1) is 6.50. The molecule has 1 N–H and O–H groups in total. The summed E-state index contributed by atoms with van der Waals surface area (Å²) in [4.78, 5) is 10.7. The van der Waals surface area contributed by atoms with E-state index in [1.165, 1.54) is 0 Å². The fraction of sp³-hybridized carbons (Fsp3) is 0.889. The van der Waals surface area contributed by atoms with Gasteiger partial charge in [-0.1, -0.05) is 12.8 Å². The van der Waals surface area contributed by atoms with Gasteiger partial charge in [-0.3, -0.25) is 4.79 Å². The van der Waals surface area contributed by atoms with E-state index in [9.17, 15) is 18.0 Å². The van der Waals surface area contributed by atoms with Crippen molar-refractivity contribution in [3.63, 3.8) is 0 Å². The quantitative estimate of drug-likeness (QED) is 0.754. The Kier molecular flexibility index (Phi) is 3.92. The number of ketones is 1. The summed E-state index contributed by atoms with van der Waals surface area (Å²) in [5.74, 6) is -1.61. The number of Topliss-reactive ketones (excluding diaryl/α,β-unsaturated/α-hetero) is 1. The van der Waals surface area contributed by atoms with Gasteiger partial charge in [0, 0.05) is 12.5 Å². The normalized spacial score (nSPS) is 24.4. The number of halogens is 3. The molecule has 5 heteroatoms. The van der Waals surface area contributed by atoms with Crippen LogP contribution in [0.3, 0.4) is 0 Å². The van der Waals surface area contributed by atoms with Crippen molar-refractivity contribution in [1.29, 1.82) is 0 Å². The molecule has 0 spiro atoms. The molecule has 0 saturated carbocycles. The Morgan fingerprint density at radius 2 is 2.00 bits per heavy atom. The van der Waals surface area contributed by atoms with Crippen LogP contribution in [0.15, 0.2) is 0 Å². The van der Waals surface area contributed by atoms with Crippen molar-refractivity contribution >= 4 is 5.78 Å². The van der Waals surface area contributed by atoms with E-state index in [2.05, 4.69) is 5.32 Å². The summed E-state index contributed by atoms with van der Waals surface area (Å²) < 4.78 is 35.8. The smallest absolute Gasteiger partial charge is 0.314 e. The maximum atomic E-state index is 11.9. The van der Waals surface area contributed by atoms with Crippen molar-refractivity contribution in [2.45, 2.75) is 44.3 Å². The summed E-state index contributed by atoms with van der Waals surface area (Å²) in [7, 11) is 0. The molecule has 2 nitrogen and oxygen atoms in total. The van der Waals surface area contributed by atoms with Gasteiger partial charge in [0.15, 0.2) is 0 Å². The highest BCUT2D eigenvalue weighted by atomic mass is 19.4. The Morgan fingerprint density at radius 3 is 2.64 bits per heavy atom. The molecular weight excluding hydrogens is 195 g/mol. The Balaban J connectivity index is 2.38. The fourth-order valence-corrected chi connectivity index (χ4v) is 1.61. The highest BCUT2D eigenvalue weighted by molar-refractivity contribution is 5.84. The predicted molar refractivity (Wildman–Crippen MR) is 45.9 cm³/mol. The number of nitrogens with one attached hydrogen (secondary N) is 1. The van der Waals surface area contributed by atoms with Crippen LogP contribution in [0, 0.1) is 0 Å². The summed E-state index contributed by atoms with van der Waals surface area (Å²) >= 11 is 0. The van der Waals surface area contributed by atoms with Crippen molar-refractivity contribution in [2.75, 3.05) is 6.54 Å². The van der Waals surface area contributed by atoms with Gasteiger partial charge in [-0.05, 0) is 19.4 Å². The second-order valence-corrected chi connectivity index (χ2v) is 3.63. The fourth-order valence-electron chi connectivity index (χ4n) is 1.61. The van der Waals surface area contributed by atoms with E-state index < -0.39 is 18.4 Å². The number of carbonyl (C=O) groups excluding carboxylic acids is 1. The van der Waals surface area contributed by atoms with Crippen LogP contribution in [0.25, 0.3) is 0 Å². The van der Waals surface area contributed by atoms with Gasteiger partial charge >= 0.3 is 6.18 Å². The van der Waals surface area contributed by atoms with Crippen molar-refractivity contribution in [1.82, 2.24) is 5.32 Å². The number of hydrogen-bond donors (Lipinski definition) is 1. The molecule has 1 saturated heterocycles. The molecule has 0 aromatic carbocycles. The van der Waals surface area contributed by atoms with Gasteiger partial charge in [-0.25, -0.2) is 0 Å². The third kappa shape index (κ3) is 3.65. The maximum absolute atomic E-state index is 11.9. The van der Waals surface area contributed by atoms with Gasteiger partial charge in [0.1, 0.15) is 0 Å². The molecule has 1 unspecified atom stereocenters. The lowest BCUT2D eigenvalue weighted by atomic mass is 10.1. The van der Waals surface area contributed by atoms with Crippen molar-refractivity contribution in [2.24, 2.45) is 0 Å². The van der Waals surface area contributed by atoms with E-state index in [0.29, 0.717) is 6.42 Å². The van der Waals surface area contributed by atoms with Crippen LogP contribution >= 0.6 is 0 Å². The second-order valence-electron chi connectivity index (χ2n) is 3.63. The molecule has 1 atom stereocenters. The number of rotatable bonds is 2. The van der Waals surface area contributed by atoms with Crippen LogP contribution in [0.2, 0.25) is 0 Å². The van der Waals surface area contributed by atoms with Crippen LogP contribution in [-0.2, 0) is 4.79 Å². The largest absolute Gasteiger partial charge is 0.450 e. The van der Waals surface area contributed by atoms with E-state index in [1.807, 2.05) is 0 Å². The third-order valence-electron chi connectivity index (χ3n) is 2.41. The van der Waals surface area contributed by atoms with E-state index >= 15 is 0 Å². The highest BCUT2D eigenvalue weighted by Gasteiger charge is 2.39. The molecule has 1 aliphatic rings. The number of alkyl halides is 3. The SMILES string of the molecule is O=C(CC1CCCCCN1)C(F)(F)F. The first kappa shape index (κ1) is 11.5. The molecular formula is C9H14F3NO. The average molecular weight is 209 g/mol. The minimum atomic E-state index is -4.67. The van der Waals surface area contributed by atoms with Gasteiger partial charge in [0.25, 0.3) is 0 Å². The number of hydrogen-bond acceptors (Lipinski definition) is 2. The average Bonchev–Trinajstić information content (AvgIpc) is 2.31. The van der Waals surface area contributed by atoms with E-state index in [0.717, 1.165) is 25.8 Å². The standard InChI is InChI=1S/C9H14F3NO/c10-9(11,12)8(14)6-7-4-2-1-3-5-13-7/h7,13H,1-6H2. The third-order valence-corrected chi connectivity index (χ3v) is 2.41. The summed E-state index contributed by atoms with van der Waals surface area (Å²) in [6, 6.07) is -0.286. The zero-order valence-corrected chi connectivity index (χ0v) is 7.86. The Hall–Kier alpha value is -0.580. The molecule has 1 heterocycles. The topological polar surface area (TPSA) is 29.1 Å². The zero-order valence-electron chi connectivity index (χ0n) is 7.86. The Bertz CT molecular complexity index is 195. The first-order valence-electron chi connectivity index (χ1n) is 4.83. The molecule has 1 rings (SSSR count). The minimum absolute atomic E-state index is 0.286. The lowest BCUT2D eigenvalue weighted by Crippen LogP contribution is -2.35. The zero-order chi connectivity index (χ0) is 10.6. The second kappa shape index (κ2) is 4.77. The first-order valence-corrected chi connectivity index (χ1v) is 4.83. The lowest BCUT2D eigenvalue weighted by molar-refractivity contribution is -0.171. The van der Waals surface area contributed by atoms with Crippen LogP contribution in [0.5, 0.6) is 0 Å². The van der Waals surface area contributed by atoms with Crippen LogP contribution in [-0.4, -0.2) is 24.5 Å². The summed E-state index contributed by atoms with van der Waals surface area (Å²) in [6.07, 6.45) is -1.50. The Labute approximate surface area is 80.9 Å². The van der Waals surface area contributed by atoms with Crippen LogP contribution < -0.4 is 5.32 Å². The Morgan fingerprint density at radius 1 is 1.29 bits per heavy atom. The maximum Gasteiger partial charge on any atom is 0.450 e. The highest BCUT2D eigenvalue weighted by Crippen LogP contribution is 2.21. The van der Waals surface area contributed by atoms with Crippen molar-refractivity contribution in [3.05, 3.63) is 0 Å². The summed E-state index contributed by atoms with van der Waals surface area (Å²) in [5.41, 5.74) is 0. The lowest BCUT2D eigenvalue weighted by Gasteiger charge is -2.15. The summed E-state index contributed by atoms with van der Waals surface area (Å²) in [6.45, 7) is 0.718. The molecule has 0 aromatic rings. The van der Waals surface area contributed by atoms with Crippen LogP contribution in [0.4, 0.5) is 13.2 Å². The van der Waals surface area contributed by atoms with E-state index in [4.69, 9.17) is 0 Å². The molecule has 0 aromatic heterocycles. The monoisotopic (exact) mass is 209 g/mol. The molecule has 1 fully saturated rings. The molecule has 14 heavy (non-hydrogen) atoms. The molecule has 0 radical (unpaired) electrons. The molecule has 0 aliphatic carbocycles. The van der Waals surface area contributed by atoms with E-state index in [1.54, 1.807) is 0 Å². The van der Waals surface area contributed by atoms with Crippen molar-refractivity contribution in [3.8, 4) is 0 Å². The molecule has 82 valence electrons. The molecule has 1 aliphatic heterocycles. The van der Waals surface area contributed by atoms with Gasteiger partial charge in [0.05, 0.1) is 0 Å². The van der Waals surface area contributed by atoms with Gasteiger partial charge < -0.3 is 5.32 Å².